The Morgan fingerprint density at radius 1 is 1.28 bits per heavy atom. The van der Waals surface area contributed by atoms with Gasteiger partial charge in [0.25, 0.3) is 0 Å². The van der Waals surface area contributed by atoms with Crippen molar-refractivity contribution in [3.63, 3.8) is 0 Å². The zero-order valence-corrected chi connectivity index (χ0v) is 13.7. The third-order valence-electron chi connectivity index (χ3n) is 4.59. The lowest BCUT2D eigenvalue weighted by atomic mass is 9.96. The maximum absolute atomic E-state index is 12.7. The lowest BCUT2D eigenvalue weighted by Crippen LogP contribution is -2.40. The van der Waals surface area contributed by atoms with E-state index in [0.29, 0.717) is 12.3 Å². The van der Waals surface area contributed by atoms with Crippen LogP contribution >= 0.6 is 0 Å². The molecule has 1 N–H and O–H groups in total. The van der Waals surface area contributed by atoms with Gasteiger partial charge < -0.3 is 9.88 Å². The van der Waals surface area contributed by atoms with Gasteiger partial charge in [-0.1, -0.05) is 12.1 Å². The normalized spacial score (nSPS) is 17.6. The maximum Gasteiger partial charge on any atom is 0.227 e. The van der Waals surface area contributed by atoms with E-state index in [-0.39, 0.29) is 5.91 Å². The Balaban J connectivity index is 1.39. The van der Waals surface area contributed by atoms with Crippen LogP contribution in [0, 0.1) is 0 Å². The minimum Gasteiger partial charge on any atom is -0.348 e. The molecular weight excluding hydrogens is 318 g/mol. The van der Waals surface area contributed by atoms with Crippen molar-refractivity contribution < 1.29 is 4.79 Å². The average molecular weight is 337 g/mol. The minimum absolute atomic E-state index is 0.159. The smallest absolute Gasteiger partial charge is 0.227 e. The zero-order chi connectivity index (χ0) is 17.1. The molecule has 1 saturated heterocycles. The summed E-state index contributed by atoms with van der Waals surface area (Å²) in [7, 11) is 0. The summed E-state index contributed by atoms with van der Waals surface area (Å²) in [4.78, 5) is 22.1. The van der Waals surface area contributed by atoms with Crippen molar-refractivity contribution in [3.8, 4) is 5.69 Å². The molecule has 2 aromatic heterocycles. The van der Waals surface area contributed by atoms with Gasteiger partial charge in [0.2, 0.25) is 5.91 Å². The lowest BCUT2D eigenvalue weighted by molar-refractivity contribution is -0.131. The van der Waals surface area contributed by atoms with E-state index in [1.54, 1.807) is 17.2 Å². The number of aromatic amines is 1. The molecule has 4 rings (SSSR count). The number of carbonyl (C=O) groups excluding carboxylic acids is 1. The number of likely N-dealkylation sites (tertiary alicyclic amines) is 1. The van der Waals surface area contributed by atoms with Crippen molar-refractivity contribution >= 4 is 5.91 Å². The number of rotatable bonds is 4. The summed E-state index contributed by atoms with van der Waals surface area (Å²) in [6.45, 7) is 1.55. The minimum atomic E-state index is 0.159. The fraction of sp³-hybridized carbons (Fsp3) is 0.353. The van der Waals surface area contributed by atoms with E-state index in [4.69, 9.17) is 0 Å². The Morgan fingerprint density at radius 3 is 2.88 bits per heavy atom. The van der Waals surface area contributed by atoms with Crippen LogP contribution < -0.4 is 0 Å². The maximum atomic E-state index is 12.7. The summed E-state index contributed by atoms with van der Waals surface area (Å²) in [6, 6.07) is 7.73. The first-order chi connectivity index (χ1) is 12.3. The molecule has 3 heterocycles. The second kappa shape index (κ2) is 6.84. The van der Waals surface area contributed by atoms with E-state index in [1.165, 1.54) is 0 Å². The largest absolute Gasteiger partial charge is 0.348 e. The molecule has 1 fully saturated rings. The Kier molecular flexibility index (Phi) is 4.24. The van der Waals surface area contributed by atoms with Crippen LogP contribution in [0.4, 0.5) is 0 Å². The van der Waals surface area contributed by atoms with Crippen LogP contribution in [0.5, 0.6) is 0 Å². The second-order valence-electron chi connectivity index (χ2n) is 6.25. The van der Waals surface area contributed by atoms with E-state index in [2.05, 4.69) is 25.5 Å². The number of nitrogens with zero attached hydrogens (tertiary/aromatic N) is 6. The molecule has 1 atom stereocenters. The van der Waals surface area contributed by atoms with Crippen molar-refractivity contribution in [1.82, 2.24) is 35.1 Å². The first kappa shape index (κ1) is 15.5. The molecule has 8 nitrogen and oxygen atoms in total. The number of H-pyrrole nitrogens is 1. The molecule has 0 spiro atoms. The summed E-state index contributed by atoms with van der Waals surface area (Å²) < 4.78 is 1.59. The topological polar surface area (TPSA) is 92.6 Å². The highest BCUT2D eigenvalue weighted by Gasteiger charge is 2.26. The molecule has 1 unspecified atom stereocenters. The summed E-state index contributed by atoms with van der Waals surface area (Å²) in [6.07, 6.45) is 7.63. The summed E-state index contributed by atoms with van der Waals surface area (Å²) >= 11 is 0. The molecule has 25 heavy (non-hydrogen) atoms. The number of imidazole rings is 1. The Hall–Kier alpha value is -3.03. The standard InChI is InChI=1S/C17H19N7O/c25-16(23-9-1-2-14(11-23)17-18-7-8-19-17)10-13-3-5-15(6-4-13)24-12-20-21-22-24/h3-8,12,14H,1-2,9-11H2,(H,18,19). The van der Waals surface area contributed by atoms with Gasteiger partial charge in [0, 0.05) is 31.4 Å². The molecule has 0 aliphatic carbocycles. The van der Waals surface area contributed by atoms with Crippen LogP contribution in [0.2, 0.25) is 0 Å². The van der Waals surface area contributed by atoms with E-state index >= 15 is 0 Å². The Bertz CT molecular complexity index is 811. The second-order valence-corrected chi connectivity index (χ2v) is 6.25. The van der Waals surface area contributed by atoms with Gasteiger partial charge in [-0.3, -0.25) is 4.79 Å². The van der Waals surface area contributed by atoms with Crippen LogP contribution in [0.1, 0.15) is 30.1 Å². The van der Waals surface area contributed by atoms with Gasteiger partial charge in [0.05, 0.1) is 12.1 Å². The molecule has 128 valence electrons. The average Bonchev–Trinajstić information content (AvgIpc) is 3.36. The fourth-order valence-corrected chi connectivity index (χ4v) is 3.26. The van der Waals surface area contributed by atoms with Crippen molar-refractivity contribution in [3.05, 3.63) is 54.4 Å². The van der Waals surface area contributed by atoms with E-state index in [0.717, 1.165) is 43.0 Å². The monoisotopic (exact) mass is 337 g/mol. The number of piperidine rings is 1. The van der Waals surface area contributed by atoms with E-state index in [1.807, 2.05) is 35.4 Å². The number of benzene rings is 1. The molecule has 0 bridgehead atoms. The van der Waals surface area contributed by atoms with E-state index in [9.17, 15) is 4.79 Å². The fourth-order valence-electron chi connectivity index (χ4n) is 3.26. The predicted octanol–water partition coefficient (Wildman–Crippen LogP) is 1.33. The van der Waals surface area contributed by atoms with Gasteiger partial charge in [-0.25, -0.2) is 9.67 Å². The van der Waals surface area contributed by atoms with Crippen LogP contribution in [-0.2, 0) is 11.2 Å². The van der Waals surface area contributed by atoms with Gasteiger partial charge in [-0.2, -0.15) is 0 Å². The Morgan fingerprint density at radius 2 is 2.16 bits per heavy atom. The number of hydrogen-bond acceptors (Lipinski definition) is 5. The number of amides is 1. The van der Waals surface area contributed by atoms with Gasteiger partial charge >= 0.3 is 0 Å². The summed E-state index contributed by atoms with van der Waals surface area (Å²) in [5.74, 6) is 1.43. The van der Waals surface area contributed by atoms with Crippen molar-refractivity contribution in [2.45, 2.75) is 25.2 Å². The van der Waals surface area contributed by atoms with Gasteiger partial charge in [-0.05, 0) is 41.0 Å². The highest BCUT2D eigenvalue weighted by molar-refractivity contribution is 5.79. The summed E-state index contributed by atoms with van der Waals surface area (Å²) in [5, 5.41) is 11.1. The van der Waals surface area contributed by atoms with Gasteiger partial charge in [-0.15, -0.1) is 5.10 Å². The first-order valence-corrected chi connectivity index (χ1v) is 8.39. The predicted molar refractivity (Wildman–Crippen MR) is 90.0 cm³/mol. The van der Waals surface area contributed by atoms with Gasteiger partial charge in [0.1, 0.15) is 12.2 Å². The van der Waals surface area contributed by atoms with Crippen molar-refractivity contribution in [2.75, 3.05) is 13.1 Å². The molecule has 1 aromatic carbocycles. The number of tetrazole rings is 1. The molecule has 1 aliphatic rings. The molecule has 0 radical (unpaired) electrons. The van der Waals surface area contributed by atoms with E-state index < -0.39 is 0 Å². The highest BCUT2D eigenvalue weighted by Crippen LogP contribution is 2.24. The summed E-state index contributed by atoms with van der Waals surface area (Å²) in [5.41, 5.74) is 1.86. The molecular formula is C17H19N7O. The molecule has 0 saturated carbocycles. The third kappa shape index (κ3) is 3.42. The molecule has 3 aromatic rings. The molecule has 1 amide bonds. The van der Waals surface area contributed by atoms with Crippen LogP contribution in [0.3, 0.4) is 0 Å². The van der Waals surface area contributed by atoms with Crippen molar-refractivity contribution in [1.29, 1.82) is 0 Å². The van der Waals surface area contributed by atoms with Crippen molar-refractivity contribution in [2.24, 2.45) is 0 Å². The number of carbonyl (C=O) groups is 1. The number of nitrogens with one attached hydrogen (secondary N) is 1. The lowest BCUT2D eigenvalue weighted by Gasteiger charge is -2.32. The van der Waals surface area contributed by atoms with Crippen LogP contribution in [-0.4, -0.2) is 54.1 Å². The zero-order valence-electron chi connectivity index (χ0n) is 13.7. The van der Waals surface area contributed by atoms with Crippen LogP contribution in [0.25, 0.3) is 5.69 Å². The molecule has 1 aliphatic heterocycles. The SMILES string of the molecule is O=C(Cc1ccc(-n2cnnn2)cc1)N1CCCC(c2ncc[nH]2)C1. The highest BCUT2D eigenvalue weighted by atomic mass is 16.2. The van der Waals surface area contributed by atoms with Crippen LogP contribution in [0.15, 0.2) is 43.0 Å². The van der Waals surface area contributed by atoms with Gasteiger partial charge in [0.15, 0.2) is 0 Å². The Labute approximate surface area is 144 Å². The quantitative estimate of drug-likeness (QED) is 0.775. The third-order valence-corrected chi connectivity index (χ3v) is 4.59. The number of aromatic nitrogens is 6. The molecule has 8 heteroatoms. The number of hydrogen-bond donors (Lipinski definition) is 1. The first-order valence-electron chi connectivity index (χ1n) is 8.39.